The molecule has 5 heteroatoms. The molecule has 9 heavy (non-hydrogen) atoms. The predicted octanol–water partition coefficient (Wildman–Crippen LogP) is -1.96. The summed E-state index contributed by atoms with van der Waals surface area (Å²) in [6.07, 6.45) is 0. The average Bonchev–Trinajstić information content (AvgIpc) is 1.72. The smallest absolute Gasteiger partial charge is 0.00772 e. The van der Waals surface area contributed by atoms with Crippen molar-refractivity contribution < 1.29 is 0 Å². The topological polar surface area (TPSA) is 24.1 Å². The number of hydrogen-bond donors (Lipinski definition) is 2. The Labute approximate surface area is 123 Å². The van der Waals surface area contributed by atoms with Gasteiger partial charge in [-0.25, -0.2) is 0 Å². The van der Waals surface area contributed by atoms with Gasteiger partial charge in [0.1, 0.15) is 0 Å². The van der Waals surface area contributed by atoms with Crippen molar-refractivity contribution in [3.63, 3.8) is 0 Å². The van der Waals surface area contributed by atoms with E-state index in [2.05, 4.69) is 10.6 Å². The first-order valence-corrected chi connectivity index (χ1v) is 2.41. The third-order valence-electron chi connectivity index (χ3n) is 0.957. The molecule has 0 amide bonds. The summed E-state index contributed by atoms with van der Waals surface area (Å²) in [6, 6.07) is 0. The van der Waals surface area contributed by atoms with Crippen LogP contribution in [0.4, 0.5) is 0 Å². The summed E-state index contributed by atoms with van der Waals surface area (Å²) in [4.78, 5) is 0. The van der Waals surface area contributed by atoms with Gasteiger partial charge >= 0.3 is 0 Å². The molecule has 0 saturated carbocycles. The summed E-state index contributed by atoms with van der Waals surface area (Å²) in [5.74, 6) is 0. The summed E-state index contributed by atoms with van der Waals surface area (Å²) in [7, 11) is 0. The van der Waals surface area contributed by atoms with E-state index in [9.17, 15) is 0 Å². The molecule has 1 saturated heterocycles. The summed E-state index contributed by atoms with van der Waals surface area (Å²) in [6.45, 7) is 4.56. The van der Waals surface area contributed by atoms with Gasteiger partial charge in [-0.2, -0.15) is 0 Å². The molecule has 1 aliphatic heterocycles. The minimum absolute atomic E-state index is 0. The molecule has 0 aromatic rings. The van der Waals surface area contributed by atoms with E-state index in [1.54, 1.807) is 0 Å². The third-order valence-corrected chi connectivity index (χ3v) is 0.957. The van der Waals surface area contributed by atoms with Crippen LogP contribution in [0.15, 0.2) is 0 Å². The van der Waals surface area contributed by atoms with Crippen molar-refractivity contribution >= 4 is 88.7 Å². The van der Waals surface area contributed by atoms with Crippen molar-refractivity contribution in [3.8, 4) is 0 Å². The second-order valence-corrected chi connectivity index (χ2v) is 1.50. The van der Waals surface area contributed by atoms with E-state index in [1.165, 1.54) is 0 Å². The van der Waals surface area contributed by atoms with E-state index >= 15 is 0 Å². The molecule has 0 atom stereocenters. The van der Waals surface area contributed by atoms with Crippen LogP contribution in [0.3, 0.4) is 0 Å². The van der Waals surface area contributed by atoms with Crippen LogP contribution in [0.25, 0.3) is 0 Å². The van der Waals surface area contributed by atoms with Gasteiger partial charge in [0, 0.05) is 115 Å². The first-order chi connectivity index (χ1) is 3.00. The Hall–Kier alpha value is 2.92. The van der Waals surface area contributed by atoms with E-state index in [1.807, 2.05) is 0 Å². The van der Waals surface area contributed by atoms with Crippen molar-refractivity contribution in [3.05, 3.63) is 0 Å². The molecule has 0 spiro atoms. The number of piperazine rings is 1. The third kappa shape index (κ3) is 10.9. The minimum Gasteiger partial charge on any atom is -0.314 e. The quantitative estimate of drug-likeness (QED) is 0.397. The molecule has 0 aliphatic carbocycles. The Bertz CT molecular complexity index is 29.3. The van der Waals surface area contributed by atoms with Gasteiger partial charge in [0.25, 0.3) is 0 Å². The molecule has 39 valence electrons. The average molecular weight is 155 g/mol. The van der Waals surface area contributed by atoms with Crippen LogP contribution in [-0.4, -0.2) is 115 Å². The minimum atomic E-state index is 0. The zero-order valence-electron chi connectivity index (χ0n) is 6.83. The molecule has 1 heterocycles. The first kappa shape index (κ1) is 17.9. The van der Waals surface area contributed by atoms with Crippen LogP contribution in [0.5, 0.6) is 0 Å². The molecule has 0 unspecified atom stereocenters. The fraction of sp³-hybridized carbons (Fsp3) is 1.00. The van der Waals surface area contributed by atoms with Gasteiger partial charge in [-0.05, 0) is 0 Å². The summed E-state index contributed by atoms with van der Waals surface area (Å²) >= 11 is 0. The zero-order valence-corrected chi connectivity index (χ0v) is 12.8. The van der Waals surface area contributed by atoms with E-state index in [4.69, 9.17) is 0 Å². The predicted molar refractivity (Wildman–Crippen MR) is 43.0 cm³/mol. The molecular formula is C4H10N2Na3. The van der Waals surface area contributed by atoms with E-state index in [-0.39, 0.29) is 88.7 Å². The molecule has 2 N–H and O–H groups in total. The van der Waals surface area contributed by atoms with E-state index in [0.29, 0.717) is 0 Å². The van der Waals surface area contributed by atoms with Gasteiger partial charge in [-0.15, -0.1) is 0 Å². The molecule has 2 nitrogen and oxygen atoms in total. The molecule has 0 aromatic carbocycles. The van der Waals surface area contributed by atoms with Crippen LogP contribution >= 0.6 is 0 Å². The number of nitrogens with one attached hydrogen (secondary N) is 2. The Balaban J connectivity index is -0.000000120. The largest absolute Gasteiger partial charge is 0.314 e. The van der Waals surface area contributed by atoms with E-state index < -0.39 is 0 Å². The number of rotatable bonds is 0. The van der Waals surface area contributed by atoms with Crippen LogP contribution < -0.4 is 10.6 Å². The molecule has 1 fully saturated rings. The fourth-order valence-corrected chi connectivity index (χ4v) is 0.604. The first-order valence-electron chi connectivity index (χ1n) is 2.41. The van der Waals surface area contributed by atoms with Gasteiger partial charge in [0.15, 0.2) is 0 Å². The molecule has 0 bridgehead atoms. The van der Waals surface area contributed by atoms with Crippen molar-refractivity contribution in [2.75, 3.05) is 26.2 Å². The normalized spacial score (nSPS) is 16.0. The summed E-state index contributed by atoms with van der Waals surface area (Å²) in [5, 5.41) is 6.44. The Morgan fingerprint density at radius 3 is 0.889 bits per heavy atom. The molecule has 1 rings (SSSR count). The maximum absolute atomic E-state index is 3.22. The Morgan fingerprint density at radius 1 is 0.556 bits per heavy atom. The van der Waals surface area contributed by atoms with Gasteiger partial charge in [0.05, 0.1) is 0 Å². The Morgan fingerprint density at radius 2 is 0.778 bits per heavy atom. The van der Waals surface area contributed by atoms with Crippen molar-refractivity contribution in [2.45, 2.75) is 0 Å². The monoisotopic (exact) mass is 155 g/mol. The molecular weight excluding hydrogens is 145 g/mol. The summed E-state index contributed by atoms with van der Waals surface area (Å²) in [5.41, 5.74) is 0. The zero-order chi connectivity index (χ0) is 4.24. The molecule has 3 radical (unpaired) electrons. The van der Waals surface area contributed by atoms with Crippen LogP contribution in [0.1, 0.15) is 0 Å². The van der Waals surface area contributed by atoms with Gasteiger partial charge in [0.2, 0.25) is 0 Å². The maximum Gasteiger partial charge on any atom is 0.00772 e. The van der Waals surface area contributed by atoms with Crippen LogP contribution in [0, 0.1) is 0 Å². The van der Waals surface area contributed by atoms with Gasteiger partial charge < -0.3 is 10.6 Å². The van der Waals surface area contributed by atoms with Crippen molar-refractivity contribution in [2.24, 2.45) is 0 Å². The Kier molecular flexibility index (Phi) is 26.8. The fourth-order valence-electron chi connectivity index (χ4n) is 0.604. The maximum atomic E-state index is 3.22. The second-order valence-electron chi connectivity index (χ2n) is 1.50. The number of hydrogen-bond acceptors (Lipinski definition) is 2. The SMILES string of the molecule is C1CNCCN1.[Na].[Na].[Na]. The standard InChI is InChI=1S/C4H10N2.3Na/c1-2-6-4-3-5-1;;;/h5-6H,1-4H2;;;. The summed E-state index contributed by atoms with van der Waals surface area (Å²) < 4.78 is 0. The van der Waals surface area contributed by atoms with Crippen LogP contribution in [-0.2, 0) is 0 Å². The van der Waals surface area contributed by atoms with Gasteiger partial charge in [-0.3, -0.25) is 0 Å². The van der Waals surface area contributed by atoms with Crippen LogP contribution in [0.2, 0.25) is 0 Å². The van der Waals surface area contributed by atoms with Crippen molar-refractivity contribution in [1.82, 2.24) is 10.6 Å². The van der Waals surface area contributed by atoms with Gasteiger partial charge in [-0.1, -0.05) is 0 Å². The van der Waals surface area contributed by atoms with E-state index in [0.717, 1.165) is 26.2 Å². The molecule has 0 aromatic heterocycles. The van der Waals surface area contributed by atoms with Crippen molar-refractivity contribution in [1.29, 1.82) is 0 Å². The molecule has 1 aliphatic rings. The second kappa shape index (κ2) is 13.5.